The first-order valence-corrected chi connectivity index (χ1v) is 7.46. The molecule has 0 amide bonds. The molecule has 1 fully saturated rings. The molecule has 0 heterocycles. The minimum absolute atomic E-state index is 0.0625. The van der Waals surface area contributed by atoms with Crippen molar-refractivity contribution in [1.29, 1.82) is 0 Å². The lowest BCUT2D eigenvalue weighted by atomic mass is 9.96. The van der Waals surface area contributed by atoms with Crippen LogP contribution in [0, 0.1) is 0 Å². The summed E-state index contributed by atoms with van der Waals surface area (Å²) in [5.41, 5.74) is 0.961. The lowest BCUT2D eigenvalue weighted by Crippen LogP contribution is -2.25. The van der Waals surface area contributed by atoms with Crippen LogP contribution < -0.4 is 5.32 Å². The maximum atomic E-state index is 12.1. The third-order valence-electron chi connectivity index (χ3n) is 3.45. The number of nitrogens with one attached hydrogen (secondary N) is 1. The lowest BCUT2D eigenvalue weighted by Gasteiger charge is -2.19. The molecule has 6 heteroatoms. The van der Waals surface area contributed by atoms with Gasteiger partial charge in [0.2, 0.25) is 0 Å². The van der Waals surface area contributed by atoms with E-state index in [0.717, 1.165) is 5.56 Å². The summed E-state index contributed by atoms with van der Waals surface area (Å²) >= 11 is 6.19. The summed E-state index contributed by atoms with van der Waals surface area (Å²) in [7, 11) is 0. The Morgan fingerprint density at radius 1 is 1.29 bits per heavy atom. The predicted molar refractivity (Wildman–Crippen MR) is 76.7 cm³/mol. The highest BCUT2D eigenvalue weighted by Crippen LogP contribution is 2.28. The first-order chi connectivity index (χ1) is 9.96. The Hall–Kier alpha value is -0.780. The Kier molecular flexibility index (Phi) is 5.90. The fraction of sp³-hybridized carbons (Fsp3) is 0.600. The molecule has 1 atom stereocenters. The van der Waals surface area contributed by atoms with Gasteiger partial charge < -0.3 is 10.1 Å². The van der Waals surface area contributed by atoms with E-state index in [1.807, 2.05) is 18.2 Å². The molecule has 21 heavy (non-hydrogen) atoms. The van der Waals surface area contributed by atoms with Gasteiger partial charge >= 0.3 is 6.18 Å². The van der Waals surface area contributed by atoms with Gasteiger partial charge in [-0.3, -0.25) is 0 Å². The van der Waals surface area contributed by atoms with Crippen molar-refractivity contribution in [2.45, 2.75) is 37.4 Å². The van der Waals surface area contributed by atoms with Crippen LogP contribution >= 0.6 is 11.6 Å². The first kappa shape index (κ1) is 16.6. The molecule has 1 aromatic carbocycles. The molecular weight excluding hydrogens is 303 g/mol. The van der Waals surface area contributed by atoms with Gasteiger partial charge in [0, 0.05) is 30.1 Å². The molecule has 0 spiro atoms. The molecule has 1 aliphatic carbocycles. The molecule has 2 nitrogen and oxygen atoms in total. The Labute approximate surface area is 127 Å². The monoisotopic (exact) mass is 321 g/mol. The van der Waals surface area contributed by atoms with Crippen LogP contribution in [0.2, 0.25) is 5.02 Å². The van der Waals surface area contributed by atoms with Gasteiger partial charge in [-0.25, -0.2) is 0 Å². The molecule has 2 rings (SSSR count). The van der Waals surface area contributed by atoms with Crippen molar-refractivity contribution in [2.24, 2.45) is 0 Å². The third kappa shape index (κ3) is 6.24. The summed E-state index contributed by atoms with van der Waals surface area (Å²) in [6, 6.07) is 8.01. The van der Waals surface area contributed by atoms with E-state index in [0.29, 0.717) is 24.0 Å². The van der Waals surface area contributed by atoms with Gasteiger partial charge in [0.05, 0.1) is 0 Å². The van der Waals surface area contributed by atoms with Crippen LogP contribution in [0.15, 0.2) is 24.3 Å². The number of halogens is 4. The van der Waals surface area contributed by atoms with Gasteiger partial charge in [-0.05, 0) is 30.9 Å². The minimum atomic E-state index is -4.27. The van der Waals surface area contributed by atoms with Crippen molar-refractivity contribution in [2.75, 3.05) is 19.8 Å². The van der Waals surface area contributed by atoms with E-state index in [2.05, 4.69) is 5.32 Å². The largest absolute Gasteiger partial charge is 0.411 e. The highest BCUT2D eigenvalue weighted by atomic mass is 35.5. The number of benzene rings is 1. The molecule has 1 aliphatic rings. The number of hydrogen-bond acceptors (Lipinski definition) is 2. The first-order valence-electron chi connectivity index (χ1n) is 7.08. The van der Waals surface area contributed by atoms with Crippen LogP contribution in [-0.4, -0.2) is 32.0 Å². The quantitative estimate of drug-likeness (QED) is 0.726. The van der Waals surface area contributed by atoms with Crippen molar-refractivity contribution in [3.8, 4) is 0 Å². The highest BCUT2D eigenvalue weighted by Gasteiger charge is 2.28. The molecule has 0 aliphatic heterocycles. The molecule has 1 saturated carbocycles. The van der Waals surface area contributed by atoms with Gasteiger partial charge in [0.15, 0.2) is 0 Å². The number of rotatable bonds is 8. The molecule has 0 bridgehead atoms. The van der Waals surface area contributed by atoms with E-state index in [1.165, 1.54) is 12.8 Å². The molecule has 0 saturated heterocycles. The van der Waals surface area contributed by atoms with Crippen molar-refractivity contribution >= 4 is 11.6 Å². The van der Waals surface area contributed by atoms with Gasteiger partial charge in [-0.2, -0.15) is 13.2 Å². The van der Waals surface area contributed by atoms with E-state index in [-0.39, 0.29) is 12.5 Å². The van der Waals surface area contributed by atoms with Gasteiger partial charge in [0.1, 0.15) is 6.61 Å². The molecule has 0 radical (unpaired) electrons. The molecule has 0 aromatic heterocycles. The van der Waals surface area contributed by atoms with Crippen molar-refractivity contribution < 1.29 is 17.9 Å². The average molecular weight is 322 g/mol. The van der Waals surface area contributed by atoms with E-state index >= 15 is 0 Å². The Bertz CT molecular complexity index is 449. The van der Waals surface area contributed by atoms with Gasteiger partial charge in [-0.15, -0.1) is 0 Å². The number of ether oxygens (including phenoxy) is 1. The van der Waals surface area contributed by atoms with Crippen molar-refractivity contribution in [1.82, 2.24) is 5.32 Å². The van der Waals surface area contributed by atoms with Crippen molar-refractivity contribution in [3.05, 3.63) is 34.9 Å². The predicted octanol–water partition coefficient (Wildman–Crippen LogP) is 4.14. The standard InChI is InChI=1S/C15H19ClF3NO/c16-14-4-2-1-3-13(14)11(9-20-12-5-6-12)7-8-21-10-15(17,18)19/h1-4,11-12,20H,5-10H2. The average Bonchev–Trinajstić information content (AvgIpc) is 3.22. The number of hydrogen-bond donors (Lipinski definition) is 1. The maximum absolute atomic E-state index is 12.1. The second-order valence-electron chi connectivity index (χ2n) is 5.36. The Morgan fingerprint density at radius 3 is 2.62 bits per heavy atom. The fourth-order valence-electron chi connectivity index (χ4n) is 2.18. The normalized spacial score (nSPS) is 17.0. The third-order valence-corrected chi connectivity index (χ3v) is 3.80. The van der Waals surface area contributed by atoms with E-state index in [9.17, 15) is 13.2 Å². The second kappa shape index (κ2) is 7.47. The smallest absolute Gasteiger partial charge is 0.372 e. The zero-order valence-corrected chi connectivity index (χ0v) is 12.4. The van der Waals surface area contributed by atoms with E-state index < -0.39 is 12.8 Å². The summed E-state index contributed by atoms with van der Waals surface area (Å²) in [5, 5.41) is 4.05. The maximum Gasteiger partial charge on any atom is 0.411 e. The van der Waals surface area contributed by atoms with Crippen LogP contribution in [0.5, 0.6) is 0 Å². The molecule has 1 aromatic rings. The van der Waals surface area contributed by atoms with Crippen LogP contribution in [0.1, 0.15) is 30.7 Å². The van der Waals surface area contributed by atoms with Crippen LogP contribution in [0.25, 0.3) is 0 Å². The summed E-state index contributed by atoms with van der Waals surface area (Å²) in [6.45, 7) is -0.413. The Morgan fingerprint density at radius 2 is 2.00 bits per heavy atom. The Balaban J connectivity index is 1.87. The van der Waals surface area contributed by atoms with Crippen LogP contribution in [0.3, 0.4) is 0 Å². The fourth-order valence-corrected chi connectivity index (χ4v) is 2.47. The molecule has 1 unspecified atom stereocenters. The minimum Gasteiger partial charge on any atom is -0.372 e. The SMILES string of the molecule is FC(F)(F)COCCC(CNC1CC1)c1ccccc1Cl. The zero-order valence-electron chi connectivity index (χ0n) is 11.6. The number of alkyl halides is 3. The second-order valence-corrected chi connectivity index (χ2v) is 5.76. The molecule has 1 N–H and O–H groups in total. The molecular formula is C15H19ClF3NO. The van der Waals surface area contributed by atoms with Crippen LogP contribution in [-0.2, 0) is 4.74 Å². The van der Waals surface area contributed by atoms with E-state index in [4.69, 9.17) is 16.3 Å². The summed E-state index contributed by atoms with van der Waals surface area (Å²) < 4.78 is 40.9. The van der Waals surface area contributed by atoms with Gasteiger partial charge in [-0.1, -0.05) is 29.8 Å². The van der Waals surface area contributed by atoms with Gasteiger partial charge in [0.25, 0.3) is 0 Å². The molecule has 118 valence electrons. The summed E-state index contributed by atoms with van der Waals surface area (Å²) in [4.78, 5) is 0. The summed E-state index contributed by atoms with van der Waals surface area (Å²) in [6.07, 6.45) is -1.43. The highest BCUT2D eigenvalue weighted by molar-refractivity contribution is 6.31. The van der Waals surface area contributed by atoms with E-state index in [1.54, 1.807) is 6.07 Å². The lowest BCUT2D eigenvalue weighted by molar-refractivity contribution is -0.174. The van der Waals surface area contributed by atoms with Crippen LogP contribution in [0.4, 0.5) is 13.2 Å². The zero-order chi connectivity index (χ0) is 15.3. The summed E-state index contributed by atoms with van der Waals surface area (Å²) in [5.74, 6) is 0.0625. The topological polar surface area (TPSA) is 21.3 Å². The van der Waals surface area contributed by atoms with Crippen molar-refractivity contribution in [3.63, 3.8) is 0 Å².